The van der Waals surface area contributed by atoms with Crippen LogP contribution in [0.25, 0.3) is 11.0 Å². The van der Waals surface area contributed by atoms with Crippen LogP contribution >= 0.6 is 11.8 Å². The van der Waals surface area contributed by atoms with Crippen molar-refractivity contribution in [2.45, 2.75) is 57.3 Å². The molecule has 2 rings (SSSR count). The number of esters is 1. The van der Waals surface area contributed by atoms with E-state index in [1.165, 1.54) is 0 Å². The van der Waals surface area contributed by atoms with Crippen LogP contribution in [0, 0.1) is 6.92 Å². The van der Waals surface area contributed by atoms with E-state index in [4.69, 9.17) is 13.9 Å². The first-order valence-corrected chi connectivity index (χ1v) is 10.4. The predicted molar refractivity (Wildman–Crippen MR) is 109 cm³/mol. The number of aryl methyl sites for hydroxylation is 1. The molecule has 0 aliphatic carbocycles. The van der Waals surface area contributed by atoms with Crippen molar-refractivity contribution in [3.63, 3.8) is 0 Å². The minimum Gasteiger partial charge on any atom is -0.496 e. The fraction of sp³-hybridized carbons (Fsp3) is 0.524. The average Bonchev–Trinajstić information content (AvgIpc) is 2.66. The Morgan fingerprint density at radius 2 is 1.85 bits per heavy atom. The molecule has 0 bridgehead atoms. The zero-order chi connectivity index (χ0) is 19.6. The third-order valence-corrected chi connectivity index (χ3v) is 5.46. The molecule has 0 aliphatic heterocycles. The van der Waals surface area contributed by atoms with Crippen molar-refractivity contribution < 1.29 is 18.7 Å². The van der Waals surface area contributed by atoms with Crippen molar-refractivity contribution in [3.05, 3.63) is 34.2 Å². The predicted octanol–water partition coefficient (Wildman–Crippen LogP) is 5.11. The molecule has 0 N–H and O–H groups in total. The Hall–Kier alpha value is -1.95. The number of ether oxygens (including phenoxy) is 2. The summed E-state index contributed by atoms with van der Waals surface area (Å²) in [4.78, 5) is 23.8. The summed E-state index contributed by atoms with van der Waals surface area (Å²) in [6.07, 6.45) is 5.76. The van der Waals surface area contributed by atoms with E-state index in [1.54, 1.807) is 37.9 Å². The molecule has 27 heavy (non-hydrogen) atoms. The second kappa shape index (κ2) is 11.0. The Bertz CT molecular complexity index is 812. The largest absolute Gasteiger partial charge is 0.496 e. The number of carbonyl (C=O) groups is 1. The van der Waals surface area contributed by atoms with Gasteiger partial charge in [0.05, 0.1) is 13.7 Å². The lowest BCUT2D eigenvalue weighted by atomic mass is 10.1. The molecular weight excluding hydrogens is 364 g/mol. The normalized spacial score (nSPS) is 10.9. The maximum atomic E-state index is 11.8. The number of hydrogen-bond acceptors (Lipinski definition) is 6. The molecule has 148 valence electrons. The Kier molecular flexibility index (Phi) is 8.72. The van der Waals surface area contributed by atoms with Gasteiger partial charge in [0.1, 0.15) is 11.3 Å². The van der Waals surface area contributed by atoms with Crippen molar-refractivity contribution in [2.24, 2.45) is 0 Å². The van der Waals surface area contributed by atoms with Crippen LogP contribution in [0.1, 0.15) is 51.0 Å². The lowest BCUT2D eigenvalue weighted by Gasteiger charge is -2.09. The van der Waals surface area contributed by atoms with Gasteiger partial charge in [0, 0.05) is 28.8 Å². The maximum Gasteiger partial charge on any atom is 0.337 e. The van der Waals surface area contributed by atoms with Gasteiger partial charge in [-0.05, 0) is 37.1 Å². The van der Waals surface area contributed by atoms with Crippen LogP contribution in [0.2, 0.25) is 0 Å². The molecule has 6 heteroatoms. The van der Waals surface area contributed by atoms with Gasteiger partial charge in [-0.1, -0.05) is 26.2 Å². The van der Waals surface area contributed by atoms with Gasteiger partial charge >= 0.3 is 11.6 Å². The molecule has 2 aromatic rings. The molecule has 1 aromatic carbocycles. The van der Waals surface area contributed by atoms with E-state index < -0.39 is 0 Å². The third-order valence-electron chi connectivity index (χ3n) is 4.32. The van der Waals surface area contributed by atoms with Crippen LogP contribution < -0.4 is 10.4 Å². The van der Waals surface area contributed by atoms with E-state index in [2.05, 4.69) is 0 Å². The fourth-order valence-electron chi connectivity index (χ4n) is 2.81. The van der Waals surface area contributed by atoms with Crippen LogP contribution in [0.4, 0.5) is 0 Å². The van der Waals surface area contributed by atoms with Gasteiger partial charge in [-0.15, -0.1) is 11.8 Å². The van der Waals surface area contributed by atoms with Crippen molar-refractivity contribution in [1.29, 1.82) is 0 Å². The topological polar surface area (TPSA) is 65.7 Å². The van der Waals surface area contributed by atoms with E-state index >= 15 is 0 Å². The number of unbranched alkanes of at least 4 members (excludes halogenated alkanes) is 4. The van der Waals surface area contributed by atoms with E-state index in [0.717, 1.165) is 59.5 Å². The van der Waals surface area contributed by atoms with Crippen LogP contribution in [-0.4, -0.2) is 25.4 Å². The summed E-state index contributed by atoms with van der Waals surface area (Å²) >= 11 is 1.69. The molecule has 0 atom stereocenters. The zero-order valence-corrected chi connectivity index (χ0v) is 17.2. The molecule has 1 aromatic heterocycles. The van der Waals surface area contributed by atoms with Gasteiger partial charge in [-0.2, -0.15) is 0 Å². The number of benzene rings is 1. The SMILES string of the molecule is CCC(=O)OCCCCCCCSc1cc(=O)oc2cc(OC)c(C)cc12. The lowest BCUT2D eigenvalue weighted by molar-refractivity contribution is -0.143. The molecule has 1 heterocycles. The van der Waals surface area contributed by atoms with Crippen LogP contribution in [-0.2, 0) is 9.53 Å². The minimum absolute atomic E-state index is 0.126. The summed E-state index contributed by atoms with van der Waals surface area (Å²) in [6, 6.07) is 5.36. The molecule has 0 aliphatic rings. The Morgan fingerprint density at radius 3 is 2.59 bits per heavy atom. The summed E-state index contributed by atoms with van der Waals surface area (Å²) in [5.41, 5.74) is 1.25. The highest BCUT2D eigenvalue weighted by atomic mass is 32.2. The maximum absolute atomic E-state index is 11.8. The van der Waals surface area contributed by atoms with Gasteiger partial charge in [-0.25, -0.2) is 4.79 Å². The van der Waals surface area contributed by atoms with Gasteiger partial charge in [0.25, 0.3) is 0 Å². The Morgan fingerprint density at radius 1 is 1.11 bits per heavy atom. The fourth-order valence-corrected chi connectivity index (χ4v) is 3.88. The monoisotopic (exact) mass is 392 g/mol. The number of fused-ring (bicyclic) bond motifs is 1. The molecule has 0 spiro atoms. The van der Waals surface area contributed by atoms with Crippen LogP contribution in [0.3, 0.4) is 0 Å². The molecule has 0 saturated carbocycles. The van der Waals surface area contributed by atoms with E-state index in [-0.39, 0.29) is 11.6 Å². The Labute approximate surface area is 164 Å². The smallest absolute Gasteiger partial charge is 0.337 e. The highest BCUT2D eigenvalue weighted by Gasteiger charge is 2.10. The molecule has 5 nitrogen and oxygen atoms in total. The summed E-state index contributed by atoms with van der Waals surface area (Å²) in [5, 5.41) is 0.954. The van der Waals surface area contributed by atoms with E-state index in [1.807, 2.05) is 13.0 Å². The highest BCUT2D eigenvalue weighted by Crippen LogP contribution is 2.31. The Balaban J connectivity index is 1.79. The summed E-state index contributed by atoms with van der Waals surface area (Å²) in [7, 11) is 1.61. The summed E-state index contributed by atoms with van der Waals surface area (Å²) in [5.74, 6) is 1.55. The van der Waals surface area contributed by atoms with Gasteiger partial charge in [0.2, 0.25) is 0 Å². The van der Waals surface area contributed by atoms with E-state index in [9.17, 15) is 9.59 Å². The minimum atomic E-state index is -0.336. The first-order chi connectivity index (χ1) is 13.0. The molecule has 0 amide bonds. The average molecular weight is 393 g/mol. The highest BCUT2D eigenvalue weighted by molar-refractivity contribution is 7.99. The second-order valence-electron chi connectivity index (χ2n) is 6.44. The number of carbonyl (C=O) groups excluding carboxylic acids is 1. The lowest BCUT2D eigenvalue weighted by Crippen LogP contribution is -2.03. The van der Waals surface area contributed by atoms with Crippen LogP contribution in [0.5, 0.6) is 5.75 Å². The second-order valence-corrected chi connectivity index (χ2v) is 7.57. The first kappa shape index (κ1) is 21.4. The quantitative estimate of drug-likeness (QED) is 0.229. The number of thioether (sulfide) groups is 1. The molecule has 0 fully saturated rings. The number of hydrogen-bond donors (Lipinski definition) is 0. The summed E-state index contributed by atoms with van der Waals surface area (Å²) in [6.45, 7) is 4.31. The van der Waals surface area contributed by atoms with Gasteiger partial charge < -0.3 is 13.9 Å². The standard InChI is InChI=1S/C21H28O5S/c1-4-20(22)25-10-8-6-5-7-9-11-27-19-14-21(23)26-18-13-17(24-3)15(2)12-16(18)19/h12-14H,4-11H2,1-3H3. The zero-order valence-electron chi connectivity index (χ0n) is 16.3. The van der Waals surface area contributed by atoms with Crippen molar-refractivity contribution in [3.8, 4) is 5.75 Å². The number of rotatable bonds is 11. The molecule has 0 radical (unpaired) electrons. The third kappa shape index (κ3) is 6.61. The number of methoxy groups -OCH3 is 1. The van der Waals surface area contributed by atoms with E-state index in [0.29, 0.717) is 18.6 Å². The van der Waals surface area contributed by atoms with Gasteiger partial charge in [0.15, 0.2) is 0 Å². The molecule has 0 unspecified atom stereocenters. The van der Waals surface area contributed by atoms with Crippen LogP contribution in [0.15, 0.2) is 32.3 Å². The van der Waals surface area contributed by atoms with Crippen molar-refractivity contribution >= 4 is 28.7 Å². The first-order valence-electron chi connectivity index (χ1n) is 9.46. The summed E-state index contributed by atoms with van der Waals surface area (Å²) < 4.78 is 15.7. The van der Waals surface area contributed by atoms with Crippen molar-refractivity contribution in [2.75, 3.05) is 19.5 Å². The van der Waals surface area contributed by atoms with Crippen molar-refractivity contribution in [1.82, 2.24) is 0 Å². The van der Waals surface area contributed by atoms with Gasteiger partial charge in [-0.3, -0.25) is 4.79 Å². The molecule has 0 saturated heterocycles. The molecular formula is C21H28O5S.